The fourth-order valence-electron chi connectivity index (χ4n) is 2.45. The molecule has 84 valence electrons. The summed E-state index contributed by atoms with van der Waals surface area (Å²) in [6, 6.07) is 0.604. The lowest BCUT2D eigenvalue weighted by Crippen LogP contribution is -2.50. The van der Waals surface area contributed by atoms with Crippen LogP contribution in [0.2, 0.25) is 0 Å². The van der Waals surface area contributed by atoms with Crippen molar-refractivity contribution < 1.29 is 4.84 Å². The first-order valence-electron chi connectivity index (χ1n) is 5.91. The van der Waals surface area contributed by atoms with E-state index in [0.717, 1.165) is 19.6 Å². The van der Waals surface area contributed by atoms with E-state index >= 15 is 0 Å². The number of hydroxylamine groups is 2. The molecular weight excluding hydrogens is 190 g/mol. The molecule has 4 heteroatoms. The summed E-state index contributed by atoms with van der Waals surface area (Å²) in [5.41, 5.74) is 0. The van der Waals surface area contributed by atoms with E-state index in [9.17, 15) is 0 Å². The van der Waals surface area contributed by atoms with Gasteiger partial charge in [0.1, 0.15) is 0 Å². The van der Waals surface area contributed by atoms with E-state index < -0.39 is 0 Å². The minimum absolute atomic E-state index is 0.451. The highest BCUT2D eigenvalue weighted by molar-refractivity contribution is 4.83. The van der Waals surface area contributed by atoms with Gasteiger partial charge < -0.3 is 4.90 Å². The number of hydrogen-bond donors (Lipinski definition) is 0. The molecule has 0 radical (unpaired) electrons. The van der Waals surface area contributed by atoms with Gasteiger partial charge >= 0.3 is 0 Å². The van der Waals surface area contributed by atoms with Crippen LogP contribution in [0.1, 0.15) is 32.6 Å². The summed E-state index contributed by atoms with van der Waals surface area (Å²) in [6.45, 7) is 4.45. The van der Waals surface area contributed by atoms with Gasteiger partial charge in [0.05, 0.1) is 6.10 Å². The van der Waals surface area contributed by atoms with Crippen molar-refractivity contribution in [2.75, 3.05) is 19.6 Å². The van der Waals surface area contributed by atoms with Gasteiger partial charge in [0.15, 0.2) is 6.19 Å². The Labute approximate surface area is 91.4 Å². The summed E-state index contributed by atoms with van der Waals surface area (Å²) in [7, 11) is 0. The van der Waals surface area contributed by atoms with Gasteiger partial charge in [-0.2, -0.15) is 10.3 Å². The van der Waals surface area contributed by atoms with Crippen molar-refractivity contribution in [3.63, 3.8) is 0 Å². The van der Waals surface area contributed by atoms with Crippen molar-refractivity contribution in [3.05, 3.63) is 0 Å². The molecule has 15 heavy (non-hydrogen) atoms. The molecule has 0 aromatic rings. The lowest BCUT2D eigenvalue weighted by atomic mass is 9.91. The maximum atomic E-state index is 8.80. The van der Waals surface area contributed by atoms with Crippen LogP contribution in [0.5, 0.6) is 0 Å². The molecule has 1 aliphatic carbocycles. The van der Waals surface area contributed by atoms with Gasteiger partial charge in [0, 0.05) is 25.7 Å². The van der Waals surface area contributed by atoms with Crippen LogP contribution in [0.25, 0.3) is 0 Å². The van der Waals surface area contributed by atoms with Crippen LogP contribution in [-0.2, 0) is 4.84 Å². The number of rotatable bonds is 4. The molecule has 3 rings (SSSR count). The molecule has 2 heterocycles. The number of fused-ring (bicyclic) bond motifs is 3. The monoisotopic (exact) mass is 209 g/mol. The van der Waals surface area contributed by atoms with Gasteiger partial charge in [-0.15, -0.1) is 0 Å². The molecule has 0 aromatic carbocycles. The number of nitriles is 1. The molecule has 0 atom stereocenters. The molecule has 0 spiro atoms. The highest BCUT2D eigenvalue weighted by atomic mass is 16.7. The van der Waals surface area contributed by atoms with Crippen molar-refractivity contribution in [2.24, 2.45) is 0 Å². The van der Waals surface area contributed by atoms with Crippen molar-refractivity contribution in [1.29, 1.82) is 5.26 Å². The molecule has 2 bridgehead atoms. The van der Waals surface area contributed by atoms with E-state index in [-0.39, 0.29) is 0 Å². The minimum Gasteiger partial charge on any atom is -0.310 e. The third-order valence-corrected chi connectivity index (χ3v) is 3.45. The van der Waals surface area contributed by atoms with E-state index in [4.69, 9.17) is 10.1 Å². The average Bonchev–Trinajstić information content (AvgIpc) is 2.32. The Bertz CT molecular complexity index is 243. The van der Waals surface area contributed by atoms with E-state index in [1.165, 1.54) is 25.7 Å². The van der Waals surface area contributed by atoms with Gasteiger partial charge in [-0.05, 0) is 32.6 Å². The summed E-state index contributed by atoms with van der Waals surface area (Å²) < 4.78 is 0. The summed E-state index contributed by atoms with van der Waals surface area (Å²) in [4.78, 5) is 7.59. The average molecular weight is 209 g/mol. The van der Waals surface area contributed by atoms with Gasteiger partial charge in [-0.3, -0.25) is 4.84 Å². The van der Waals surface area contributed by atoms with Gasteiger partial charge in [0.25, 0.3) is 0 Å². The summed E-state index contributed by atoms with van der Waals surface area (Å²) in [5.74, 6) is 0. The number of hydrogen-bond acceptors (Lipinski definition) is 4. The first-order valence-corrected chi connectivity index (χ1v) is 5.91. The normalized spacial score (nSPS) is 30.1. The lowest BCUT2D eigenvalue weighted by molar-refractivity contribution is -0.276. The summed E-state index contributed by atoms with van der Waals surface area (Å²) in [5, 5.41) is 10.9. The van der Waals surface area contributed by atoms with Crippen LogP contribution >= 0.6 is 0 Å². The maximum Gasteiger partial charge on any atom is 0.179 e. The molecule has 1 saturated carbocycles. The van der Waals surface area contributed by atoms with Crippen LogP contribution < -0.4 is 0 Å². The Balaban J connectivity index is 1.78. The molecule has 0 N–H and O–H groups in total. The van der Waals surface area contributed by atoms with E-state index in [1.807, 2.05) is 6.92 Å². The largest absolute Gasteiger partial charge is 0.310 e. The molecule has 0 amide bonds. The number of likely N-dealkylation sites (N-methyl/N-ethyl adjacent to an activating group) is 1. The molecule has 2 aliphatic heterocycles. The molecule has 4 nitrogen and oxygen atoms in total. The zero-order chi connectivity index (χ0) is 10.7. The van der Waals surface area contributed by atoms with Crippen molar-refractivity contribution >= 4 is 0 Å². The second kappa shape index (κ2) is 4.82. The topological polar surface area (TPSA) is 39.5 Å². The first-order chi connectivity index (χ1) is 7.33. The van der Waals surface area contributed by atoms with Crippen LogP contribution in [0, 0.1) is 11.5 Å². The first kappa shape index (κ1) is 10.7. The minimum atomic E-state index is 0.451. The van der Waals surface area contributed by atoms with Crippen molar-refractivity contribution in [1.82, 2.24) is 9.96 Å². The second-order valence-corrected chi connectivity index (χ2v) is 4.36. The van der Waals surface area contributed by atoms with Gasteiger partial charge in [0.2, 0.25) is 0 Å². The Hall–Kier alpha value is -0.790. The third kappa shape index (κ3) is 2.42. The molecule has 0 aromatic heterocycles. The van der Waals surface area contributed by atoms with Crippen LogP contribution in [0.3, 0.4) is 0 Å². The maximum absolute atomic E-state index is 8.80. The predicted molar refractivity (Wildman–Crippen MR) is 56.7 cm³/mol. The second-order valence-electron chi connectivity index (χ2n) is 4.36. The Morgan fingerprint density at radius 3 is 2.60 bits per heavy atom. The highest BCUT2D eigenvalue weighted by Gasteiger charge is 2.34. The Kier molecular flexibility index (Phi) is 3.45. The van der Waals surface area contributed by atoms with Crippen molar-refractivity contribution in [2.45, 2.75) is 44.8 Å². The van der Waals surface area contributed by atoms with Crippen LogP contribution in [0.4, 0.5) is 0 Å². The Morgan fingerprint density at radius 1 is 1.40 bits per heavy atom. The van der Waals surface area contributed by atoms with E-state index in [0.29, 0.717) is 12.1 Å². The molecule has 3 aliphatic rings. The third-order valence-electron chi connectivity index (χ3n) is 3.45. The fourth-order valence-corrected chi connectivity index (χ4v) is 2.45. The van der Waals surface area contributed by atoms with Crippen molar-refractivity contribution in [3.8, 4) is 6.19 Å². The van der Waals surface area contributed by atoms with Crippen LogP contribution in [0.15, 0.2) is 0 Å². The highest BCUT2D eigenvalue weighted by Crippen LogP contribution is 2.32. The molecule has 2 saturated heterocycles. The van der Waals surface area contributed by atoms with E-state index in [1.54, 1.807) is 4.90 Å². The summed E-state index contributed by atoms with van der Waals surface area (Å²) >= 11 is 0. The molecular formula is C11H19N3O. The van der Waals surface area contributed by atoms with Crippen LogP contribution in [-0.4, -0.2) is 41.7 Å². The SMILES string of the molecule is CCN(C#N)CCN1OC2CCC1CC2. The summed E-state index contributed by atoms with van der Waals surface area (Å²) in [6.07, 6.45) is 7.61. The zero-order valence-electron chi connectivity index (χ0n) is 9.35. The molecule has 3 fully saturated rings. The lowest BCUT2D eigenvalue weighted by Gasteiger charge is -2.44. The number of nitrogens with zero attached hydrogens (tertiary/aromatic N) is 3. The Morgan fingerprint density at radius 2 is 2.13 bits per heavy atom. The van der Waals surface area contributed by atoms with Gasteiger partial charge in [-0.25, -0.2) is 0 Å². The van der Waals surface area contributed by atoms with Gasteiger partial charge in [-0.1, -0.05) is 0 Å². The predicted octanol–water partition coefficient (Wildman–Crippen LogP) is 1.35. The zero-order valence-corrected chi connectivity index (χ0v) is 9.35. The smallest absolute Gasteiger partial charge is 0.179 e. The molecule has 0 unspecified atom stereocenters. The quantitative estimate of drug-likeness (QED) is 0.517. The fraction of sp³-hybridized carbons (Fsp3) is 0.909. The standard InChI is InChI=1S/C11H19N3O/c1-2-13(9-12)7-8-14-10-3-5-11(15-14)6-4-10/h10-11H,2-8H2,1H3. The van der Waals surface area contributed by atoms with E-state index in [2.05, 4.69) is 11.3 Å².